The second-order valence-corrected chi connectivity index (χ2v) is 8.53. The Hall–Kier alpha value is -0.300. The zero-order valence-corrected chi connectivity index (χ0v) is 14.1. The molecule has 0 aliphatic rings. The summed E-state index contributed by atoms with van der Waals surface area (Å²) in [5, 5.41) is 9.27. The van der Waals surface area contributed by atoms with Crippen LogP contribution in [0.4, 0.5) is 0 Å². The molecule has 1 rings (SSSR count). The smallest absolute Gasteiger partial charge is 0.0979 e. The topological polar surface area (TPSA) is 62.2 Å². The third-order valence-electron chi connectivity index (χ3n) is 2.77. The second-order valence-electron chi connectivity index (χ2n) is 5.65. The van der Waals surface area contributed by atoms with Crippen molar-refractivity contribution in [2.45, 2.75) is 44.4 Å². The number of aliphatic hydroxyl groups excluding tert-OH is 1. The molecule has 2 atom stereocenters. The first-order valence-corrected chi connectivity index (χ1v) is 8.06. The highest BCUT2D eigenvalue weighted by molar-refractivity contribution is 9.10. The van der Waals surface area contributed by atoms with Gasteiger partial charge in [0, 0.05) is 17.3 Å². The number of hydrogen-bond acceptors (Lipinski definition) is 3. The van der Waals surface area contributed by atoms with E-state index in [1.54, 1.807) is 6.20 Å². The van der Waals surface area contributed by atoms with E-state index >= 15 is 0 Å². The number of pyridine rings is 1. The molecule has 0 saturated carbocycles. The lowest BCUT2D eigenvalue weighted by molar-refractivity contribution is 0.236. The van der Waals surface area contributed by atoms with E-state index in [1.165, 1.54) is 0 Å². The molecule has 0 aliphatic carbocycles. The van der Waals surface area contributed by atoms with E-state index in [1.807, 2.05) is 39.8 Å². The maximum atomic E-state index is 12.3. The zero-order valence-electron chi connectivity index (χ0n) is 11.7. The lowest BCUT2D eigenvalue weighted by Crippen LogP contribution is -2.47. The Bertz CT molecular complexity index is 462. The Kier molecular flexibility index (Phi) is 5.67. The van der Waals surface area contributed by atoms with Crippen molar-refractivity contribution < 1.29 is 9.32 Å². The van der Waals surface area contributed by atoms with Gasteiger partial charge in [0.25, 0.3) is 0 Å². The van der Waals surface area contributed by atoms with Gasteiger partial charge in [-0.05, 0) is 46.2 Å². The van der Waals surface area contributed by atoms with Gasteiger partial charge in [-0.1, -0.05) is 15.9 Å². The fraction of sp³-hybridized carbons (Fsp3) is 0.615. The Morgan fingerprint density at radius 3 is 2.53 bits per heavy atom. The van der Waals surface area contributed by atoms with Crippen molar-refractivity contribution in [1.29, 1.82) is 0 Å². The molecule has 0 aromatic carbocycles. The maximum Gasteiger partial charge on any atom is 0.0979 e. The second kappa shape index (κ2) is 6.43. The Morgan fingerprint density at radius 2 is 2.05 bits per heavy atom. The van der Waals surface area contributed by atoms with Crippen molar-refractivity contribution in [2.24, 2.45) is 0 Å². The van der Waals surface area contributed by atoms with Gasteiger partial charge in [-0.15, -0.1) is 0 Å². The number of aliphatic hydroxyl groups is 1. The van der Waals surface area contributed by atoms with E-state index in [2.05, 4.69) is 25.6 Å². The van der Waals surface area contributed by atoms with E-state index < -0.39 is 16.5 Å². The predicted octanol–water partition coefficient (Wildman–Crippen LogP) is 2.49. The molecular weight excluding hydrogens is 328 g/mol. The van der Waals surface area contributed by atoms with Crippen LogP contribution in [0.1, 0.15) is 39.8 Å². The minimum absolute atomic E-state index is 0.000956. The number of rotatable bonds is 5. The van der Waals surface area contributed by atoms with Gasteiger partial charge in [0.2, 0.25) is 0 Å². The normalized spacial score (nSPS) is 16.9. The number of aromatic nitrogens is 1. The van der Waals surface area contributed by atoms with Crippen LogP contribution in [0, 0.1) is 0 Å². The van der Waals surface area contributed by atoms with Gasteiger partial charge in [-0.3, -0.25) is 4.98 Å². The summed E-state index contributed by atoms with van der Waals surface area (Å²) in [6.07, 6.45) is 2.13. The first kappa shape index (κ1) is 16.8. The highest BCUT2D eigenvalue weighted by Crippen LogP contribution is 2.27. The van der Waals surface area contributed by atoms with Crippen LogP contribution in [0.15, 0.2) is 22.8 Å². The molecule has 0 saturated heterocycles. The summed E-state index contributed by atoms with van der Waals surface area (Å²) in [7, 11) is -1.23. The van der Waals surface area contributed by atoms with Gasteiger partial charge in [-0.2, -0.15) is 0 Å². The predicted molar refractivity (Wildman–Crippen MR) is 82.0 cm³/mol. The third-order valence-corrected chi connectivity index (χ3v) is 5.01. The molecule has 0 amide bonds. The molecule has 1 aromatic heterocycles. The Labute approximate surface area is 125 Å². The minimum atomic E-state index is -1.23. The van der Waals surface area contributed by atoms with Gasteiger partial charge >= 0.3 is 0 Å². The van der Waals surface area contributed by atoms with Crippen molar-refractivity contribution in [3.05, 3.63) is 28.5 Å². The van der Waals surface area contributed by atoms with E-state index in [4.69, 9.17) is 0 Å². The fourth-order valence-corrected chi connectivity index (χ4v) is 2.78. The number of nitrogens with zero attached hydrogens (tertiary/aromatic N) is 1. The molecular formula is C13H21BrN2O2S. The molecule has 108 valence electrons. The van der Waals surface area contributed by atoms with Crippen LogP contribution in [-0.2, 0) is 16.5 Å². The molecule has 0 bridgehead atoms. The lowest BCUT2D eigenvalue weighted by atomic mass is 9.95. The molecule has 0 aliphatic heterocycles. The molecule has 6 heteroatoms. The molecule has 2 unspecified atom stereocenters. The minimum Gasteiger partial charge on any atom is -0.396 e. The van der Waals surface area contributed by atoms with E-state index in [-0.39, 0.29) is 11.4 Å². The standard InChI is InChI=1S/C13H21BrN2O2S/c1-12(2,3)19(18)16-13(4,6-8-17)11-9-10(14)5-7-15-11/h5,7,9,16-17H,6,8H2,1-4H3. The SMILES string of the molecule is CC(CCO)(NS(=O)C(C)(C)C)c1cc(Br)ccn1. The largest absolute Gasteiger partial charge is 0.396 e. The van der Waals surface area contributed by atoms with Gasteiger partial charge < -0.3 is 5.11 Å². The van der Waals surface area contributed by atoms with Gasteiger partial charge in [0.1, 0.15) is 0 Å². The van der Waals surface area contributed by atoms with E-state index in [9.17, 15) is 9.32 Å². The summed E-state index contributed by atoms with van der Waals surface area (Å²) in [4.78, 5) is 4.33. The van der Waals surface area contributed by atoms with Crippen molar-refractivity contribution in [2.75, 3.05) is 6.61 Å². The summed E-state index contributed by atoms with van der Waals surface area (Å²) in [6.45, 7) is 7.62. The van der Waals surface area contributed by atoms with Crippen molar-refractivity contribution in [1.82, 2.24) is 9.71 Å². The maximum absolute atomic E-state index is 12.3. The summed E-state index contributed by atoms with van der Waals surface area (Å²) in [5.74, 6) is 0. The van der Waals surface area contributed by atoms with Crippen LogP contribution in [0.25, 0.3) is 0 Å². The van der Waals surface area contributed by atoms with Crippen LogP contribution in [0.3, 0.4) is 0 Å². The van der Waals surface area contributed by atoms with Crippen molar-refractivity contribution in [3.63, 3.8) is 0 Å². The van der Waals surface area contributed by atoms with Crippen molar-refractivity contribution >= 4 is 26.9 Å². The number of halogens is 1. The lowest BCUT2D eigenvalue weighted by Gasteiger charge is -2.32. The van der Waals surface area contributed by atoms with Crippen LogP contribution >= 0.6 is 15.9 Å². The molecule has 0 radical (unpaired) electrons. The van der Waals surface area contributed by atoms with Crippen molar-refractivity contribution in [3.8, 4) is 0 Å². The highest BCUT2D eigenvalue weighted by Gasteiger charge is 2.33. The highest BCUT2D eigenvalue weighted by atomic mass is 79.9. The van der Waals surface area contributed by atoms with E-state index in [0.29, 0.717) is 6.42 Å². The van der Waals surface area contributed by atoms with Gasteiger partial charge in [0.15, 0.2) is 0 Å². The molecule has 2 N–H and O–H groups in total. The van der Waals surface area contributed by atoms with Crippen LogP contribution in [-0.4, -0.2) is 25.7 Å². The third kappa shape index (κ3) is 4.63. The molecule has 0 spiro atoms. The zero-order chi connectivity index (χ0) is 14.7. The number of hydrogen-bond donors (Lipinski definition) is 2. The summed E-state index contributed by atoms with van der Waals surface area (Å²) < 4.78 is 15.9. The van der Waals surface area contributed by atoms with Crippen LogP contribution < -0.4 is 4.72 Å². The number of nitrogens with one attached hydrogen (secondary N) is 1. The van der Waals surface area contributed by atoms with Gasteiger partial charge in [-0.25, -0.2) is 8.93 Å². The molecule has 0 fully saturated rings. The Balaban J connectivity index is 3.07. The summed E-state index contributed by atoms with van der Waals surface area (Å²) in [6, 6.07) is 3.71. The summed E-state index contributed by atoms with van der Waals surface area (Å²) >= 11 is 3.41. The monoisotopic (exact) mass is 348 g/mol. The van der Waals surface area contributed by atoms with E-state index in [0.717, 1.165) is 10.2 Å². The van der Waals surface area contributed by atoms with Gasteiger partial charge in [0.05, 0.1) is 27.0 Å². The molecule has 19 heavy (non-hydrogen) atoms. The average molecular weight is 349 g/mol. The quantitative estimate of drug-likeness (QED) is 0.859. The molecule has 1 heterocycles. The van der Waals surface area contributed by atoms with Crippen LogP contribution in [0.2, 0.25) is 0 Å². The fourth-order valence-electron chi connectivity index (χ4n) is 1.52. The average Bonchev–Trinajstić information content (AvgIpc) is 2.28. The first-order valence-electron chi connectivity index (χ1n) is 6.11. The summed E-state index contributed by atoms with van der Waals surface area (Å²) in [5.41, 5.74) is 0.130. The molecule has 4 nitrogen and oxygen atoms in total. The first-order chi connectivity index (χ1) is 8.69. The van der Waals surface area contributed by atoms with Crippen LogP contribution in [0.5, 0.6) is 0 Å². The molecule has 1 aromatic rings. The Morgan fingerprint density at radius 1 is 1.42 bits per heavy atom.